The number of aryl methyl sites for hydroxylation is 1. The Balaban J connectivity index is 1.60. The number of nitrogens with zero attached hydrogens (tertiary/aromatic N) is 1. The van der Waals surface area contributed by atoms with Crippen LogP contribution in [0.3, 0.4) is 0 Å². The van der Waals surface area contributed by atoms with E-state index < -0.39 is 0 Å². The molecule has 3 rings (SSSR count). The van der Waals surface area contributed by atoms with Crippen LogP contribution in [-0.2, 0) is 17.9 Å². The SMILES string of the molecule is CCOc1ccccc1CNC(=O)CCn1c(=S)oc2ccccc21. The maximum atomic E-state index is 12.2. The highest BCUT2D eigenvalue weighted by molar-refractivity contribution is 7.71. The summed E-state index contributed by atoms with van der Waals surface area (Å²) in [6.07, 6.45) is 0.328. The van der Waals surface area contributed by atoms with Gasteiger partial charge in [0.15, 0.2) is 5.58 Å². The number of ether oxygens (including phenoxy) is 1. The molecule has 0 unspecified atom stereocenters. The van der Waals surface area contributed by atoms with Crippen LogP contribution in [0.2, 0.25) is 0 Å². The maximum absolute atomic E-state index is 12.2. The summed E-state index contributed by atoms with van der Waals surface area (Å²) in [5.74, 6) is 0.756. The summed E-state index contributed by atoms with van der Waals surface area (Å²) in [4.78, 5) is 12.6. The highest BCUT2D eigenvalue weighted by atomic mass is 32.1. The topological polar surface area (TPSA) is 56.4 Å². The van der Waals surface area contributed by atoms with E-state index in [1.807, 2.05) is 60.0 Å². The van der Waals surface area contributed by atoms with E-state index in [0.717, 1.165) is 22.4 Å². The first-order chi connectivity index (χ1) is 12.2. The first-order valence-electron chi connectivity index (χ1n) is 8.25. The number of hydrogen-bond donors (Lipinski definition) is 1. The summed E-state index contributed by atoms with van der Waals surface area (Å²) in [6, 6.07) is 15.3. The minimum absolute atomic E-state index is 0.0431. The van der Waals surface area contributed by atoms with Crippen LogP contribution >= 0.6 is 12.2 Å². The van der Waals surface area contributed by atoms with Crippen LogP contribution in [0, 0.1) is 4.84 Å². The lowest BCUT2D eigenvalue weighted by Crippen LogP contribution is -2.24. The predicted octanol–water partition coefficient (Wildman–Crippen LogP) is 4.07. The Bertz CT molecular complexity index is 930. The van der Waals surface area contributed by atoms with E-state index in [0.29, 0.717) is 31.0 Å². The lowest BCUT2D eigenvalue weighted by molar-refractivity contribution is -0.121. The first-order valence-corrected chi connectivity index (χ1v) is 8.65. The lowest BCUT2D eigenvalue weighted by Gasteiger charge is -2.11. The summed E-state index contributed by atoms with van der Waals surface area (Å²) >= 11 is 5.24. The Hall–Kier alpha value is -2.60. The highest BCUT2D eigenvalue weighted by Gasteiger charge is 2.09. The fourth-order valence-electron chi connectivity index (χ4n) is 2.67. The van der Waals surface area contributed by atoms with Gasteiger partial charge in [0.05, 0.1) is 12.1 Å². The number of rotatable bonds is 7. The number of amides is 1. The fraction of sp³-hybridized carbons (Fsp3) is 0.263. The van der Waals surface area contributed by atoms with Crippen LogP contribution < -0.4 is 10.1 Å². The molecule has 0 atom stereocenters. The second kappa shape index (κ2) is 7.98. The van der Waals surface area contributed by atoms with Crippen molar-refractivity contribution >= 4 is 29.2 Å². The molecule has 25 heavy (non-hydrogen) atoms. The molecule has 0 saturated carbocycles. The van der Waals surface area contributed by atoms with Gasteiger partial charge in [-0.1, -0.05) is 30.3 Å². The molecule has 1 heterocycles. The van der Waals surface area contributed by atoms with Gasteiger partial charge in [-0.3, -0.25) is 9.36 Å². The van der Waals surface area contributed by atoms with Crippen LogP contribution in [-0.4, -0.2) is 17.1 Å². The van der Waals surface area contributed by atoms with E-state index in [4.69, 9.17) is 21.4 Å². The van der Waals surface area contributed by atoms with E-state index in [2.05, 4.69) is 5.32 Å². The van der Waals surface area contributed by atoms with Gasteiger partial charge in [-0.25, -0.2) is 0 Å². The molecule has 0 saturated heterocycles. The normalized spacial score (nSPS) is 10.8. The van der Waals surface area contributed by atoms with E-state index >= 15 is 0 Å². The minimum atomic E-state index is -0.0431. The first kappa shape index (κ1) is 17.2. The molecule has 0 aliphatic heterocycles. The number of benzene rings is 2. The van der Waals surface area contributed by atoms with Crippen LogP contribution in [0.4, 0.5) is 0 Å². The van der Waals surface area contributed by atoms with Crippen molar-refractivity contribution in [1.82, 2.24) is 9.88 Å². The van der Waals surface area contributed by atoms with Crippen LogP contribution in [0.1, 0.15) is 18.9 Å². The zero-order valence-corrected chi connectivity index (χ0v) is 14.8. The van der Waals surface area contributed by atoms with Gasteiger partial charge >= 0.3 is 0 Å². The van der Waals surface area contributed by atoms with Gasteiger partial charge < -0.3 is 14.5 Å². The van der Waals surface area contributed by atoms with Gasteiger partial charge in [0.25, 0.3) is 4.84 Å². The molecule has 130 valence electrons. The Labute approximate surface area is 151 Å². The summed E-state index contributed by atoms with van der Waals surface area (Å²) in [7, 11) is 0. The smallest absolute Gasteiger partial charge is 0.269 e. The average Bonchev–Trinajstić information content (AvgIpc) is 2.94. The molecule has 5 nitrogen and oxygen atoms in total. The second-order valence-electron chi connectivity index (χ2n) is 5.55. The average molecular weight is 356 g/mol. The third-order valence-corrected chi connectivity index (χ3v) is 4.19. The zero-order valence-electron chi connectivity index (χ0n) is 14.0. The van der Waals surface area contributed by atoms with Gasteiger partial charge in [-0.2, -0.15) is 0 Å². The molecule has 2 aromatic carbocycles. The van der Waals surface area contributed by atoms with E-state index in [1.165, 1.54) is 0 Å². The van der Waals surface area contributed by atoms with Crippen molar-refractivity contribution in [3.05, 3.63) is 58.9 Å². The van der Waals surface area contributed by atoms with Crippen LogP contribution in [0.15, 0.2) is 52.9 Å². The third-order valence-electron chi connectivity index (χ3n) is 3.88. The fourth-order valence-corrected chi connectivity index (χ4v) is 2.95. The summed E-state index contributed by atoms with van der Waals surface area (Å²) in [5, 5.41) is 2.93. The van der Waals surface area contributed by atoms with Gasteiger partial charge in [0, 0.05) is 25.1 Å². The molecule has 3 aromatic rings. The van der Waals surface area contributed by atoms with Crippen molar-refractivity contribution in [2.45, 2.75) is 26.4 Å². The second-order valence-corrected chi connectivity index (χ2v) is 5.90. The van der Waals surface area contributed by atoms with Crippen molar-refractivity contribution in [2.75, 3.05) is 6.61 Å². The van der Waals surface area contributed by atoms with Gasteiger partial charge in [-0.15, -0.1) is 0 Å². The summed E-state index contributed by atoms with van der Waals surface area (Å²) < 4.78 is 12.9. The molecular weight excluding hydrogens is 336 g/mol. The summed E-state index contributed by atoms with van der Waals surface area (Å²) in [5.41, 5.74) is 2.60. The number of carbonyl (C=O) groups is 1. The number of aromatic nitrogens is 1. The Kier molecular flexibility index (Phi) is 5.50. The lowest BCUT2D eigenvalue weighted by atomic mass is 10.2. The standard InChI is InChI=1S/C19H20N2O3S/c1-2-23-16-9-5-3-7-14(16)13-20-18(22)11-12-21-15-8-4-6-10-17(15)24-19(21)25/h3-10H,2,11-13H2,1H3,(H,20,22). The molecule has 1 aromatic heterocycles. The van der Waals surface area contributed by atoms with Crippen LogP contribution in [0.25, 0.3) is 11.1 Å². The molecule has 6 heteroatoms. The van der Waals surface area contributed by atoms with Crippen molar-refractivity contribution in [1.29, 1.82) is 0 Å². The summed E-state index contributed by atoms with van der Waals surface area (Å²) in [6.45, 7) is 3.45. The predicted molar refractivity (Wildman–Crippen MR) is 99.1 cm³/mol. The quantitative estimate of drug-likeness (QED) is 0.649. The Morgan fingerprint density at radius 3 is 2.80 bits per heavy atom. The zero-order chi connectivity index (χ0) is 17.6. The van der Waals surface area contributed by atoms with Crippen LogP contribution in [0.5, 0.6) is 5.75 Å². The Morgan fingerprint density at radius 1 is 1.20 bits per heavy atom. The monoisotopic (exact) mass is 356 g/mol. The van der Waals surface area contributed by atoms with E-state index in [-0.39, 0.29) is 5.91 Å². The molecule has 0 aliphatic carbocycles. The molecule has 0 fully saturated rings. The largest absolute Gasteiger partial charge is 0.494 e. The van der Waals surface area contributed by atoms with Gasteiger partial charge in [0.2, 0.25) is 5.91 Å². The van der Waals surface area contributed by atoms with E-state index in [9.17, 15) is 4.79 Å². The minimum Gasteiger partial charge on any atom is -0.494 e. The van der Waals surface area contributed by atoms with Crippen molar-refractivity contribution in [3.63, 3.8) is 0 Å². The number of hydrogen-bond acceptors (Lipinski definition) is 4. The van der Waals surface area contributed by atoms with Crippen molar-refractivity contribution in [2.24, 2.45) is 0 Å². The number of oxazole rings is 1. The van der Waals surface area contributed by atoms with Gasteiger partial charge in [-0.05, 0) is 37.3 Å². The molecule has 1 N–H and O–H groups in total. The van der Waals surface area contributed by atoms with E-state index in [1.54, 1.807) is 0 Å². The van der Waals surface area contributed by atoms with Crippen molar-refractivity contribution in [3.8, 4) is 5.75 Å². The van der Waals surface area contributed by atoms with Gasteiger partial charge in [0.1, 0.15) is 5.75 Å². The molecular formula is C19H20N2O3S. The number of carbonyl (C=O) groups excluding carboxylic acids is 1. The number of fused-ring (bicyclic) bond motifs is 1. The maximum Gasteiger partial charge on any atom is 0.269 e. The molecule has 0 radical (unpaired) electrons. The molecule has 0 aliphatic rings. The number of nitrogens with one attached hydrogen (secondary N) is 1. The molecule has 1 amide bonds. The molecule has 0 spiro atoms. The van der Waals surface area contributed by atoms with Crippen molar-refractivity contribution < 1.29 is 13.9 Å². The third kappa shape index (κ3) is 4.09. The molecule has 0 bridgehead atoms. The Morgan fingerprint density at radius 2 is 1.96 bits per heavy atom. The number of para-hydroxylation sites is 3. The highest BCUT2D eigenvalue weighted by Crippen LogP contribution is 2.18.